The molecule has 192 valence electrons. The molecule has 1 saturated carbocycles. The van der Waals surface area contributed by atoms with E-state index in [0.29, 0.717) is 47.1 Å². The predicted octanol–water partition coefficient (Wildman–Crippen LogP) is 6.87. The van der Waals surface area contributed by atoms with Gasteiger partial charge in [-0.1, -0.05) is 49.9 Å². The quantitative estimate of drug-likeness (QED) is 0.293. The Hall–Kier alpha value is -3.10. The van der Waals surface area contributed by atoms with Crippen LogP contribution in [0.2, 0.25) is 5.02 Å². The highest BCUT2D eigenvalue weighted by Crippen LogP contribution is 2.34. The Labute approximate surface area is 226 Å². The van der Waals surface area contributed by atoms with Crippen molar-refractivity contribution in [3.05, 3.63) is 64.2 Å². The van der Waals surface area contributed by atoms with Crippen molar-refractivity contribution in [3.8, 4) is 11.5 Å². The van der Waals surface area contributed by atoms with Gasteiger partial charge in [0.25, 0.3) is 5.91 Å². The van der Waals surface area contributed by atoms with Crippen molar-refractivity contribution in [2.24, 2.45) is 10.1 Å². The standard InChI is InChI=1S/C28H29ClN4O3S/c1-2-25-32-33-26(30)23(27(34)31-28(33)37-25)17-20-16-21(29)10-13-24(20)36-15-14-35-22-11-8-19(9-12-22)18-6-4-3-5-7-18/h8-13,16-18,30H,2-7,14-15H2,1H3/b23-17+,30-26?. The molecule has 5 rings (SSSR count). The van der Waals surface area contributed by atoms with Crippen LogP contribution in [0.4, 0.5) is 0 Å². The third-order valence-electron chi connectivity index (χ3n) is 6.64. The lowest BCUT2D eigenvalue weighted by atomic mass is 9.84. The van der Waals surface area contributed by atoms with E-state index in [1.807, 2.05) is 19.1 Å². The van der Waals surface area contributed by atoms with Gasteiger partial charge in [-0.3, -0.25) is 10.2 Å². The fourth-order valence-corrected chi connectivity index (χ4v) is 5.68. The molecule has 2 heterocycles. The minimum Gasteiger partial charge on any atom is -0.490 e. The molecule has 0 saturated heterocycles. The van der Waals surface area contributed by atoms with Gasteiger partial charge in [-0.05, 0) is 78.9 Å². The highest BCUT2D eigenvalue weighted by molar-refractivity contribution is 8.26. The second kappa shape index (κ2) is 11.5. The highest BCUT2D eigenvalue weighted by Gasteiger charge is 2.35. The van der Waals surface area contributed by atoms with Crippen LogP contribution in [0.15, 0.2) is 58.1 Å². The van der Waals surface area contributed by atoms with Crippen LogP contribution in [-0.2, 0) is 4.79 Å². The summed E-state index contributed by atoms with van der Waals surface area (Å²) in [5.41, 5.74) is 2.11. The number of benzene rings is 2. The Kier molecular flexibility index (Phi) is 7.96. The monoisotopic (exact) mass is 536 g/mol. The van der Waals surface area contributed by atoms with Gasteiger partial charge < -0.3 is 9.47 Å². The van der Waals surface area contributed by atoms with Crippen LogP contribution in [0, 0.1) is 5.41 Å². The van der Waals surface area contributed by atoms with Crippen LogP contribution >= 0.6 is 23.4 Å². The van der Waals surface area contributed by atoms with Crippen molar-refractivity contribution in [1.82, 2.24) is 5.01 Å². The van der Waals surface area contributed by atoms with E-state index in [-0.39, 0.29) is 11.4 Å². The predicted molar refractivity (Wildman–Crippen MR) is 150 cm³/mol. The number of thioether (sulfide) groups is 1. The molecular weight excluding hydrogens is 508 g/mol. The van der Waals surface area contributed by atoms with E-state index in [2.05, 4.69) is 22.2 Å². The molecule has 2 aliphatic heterocycles. The smallest absolute Gasteiger partial charge is 0.283 e. The van der Waals surface area contributed by atoms with E-state index in [1.54, 1.807) is 24.3 Å². The van der Waals surface area contributed by atoms with E-state index >= 15 is 0 Å². The molecule has 0 aromatic heterocycles. The molecule has 0 radical (unpaired) electrons. The molecule has 9 heteroatoms. The Morgan fingerprint density at radius 2 is 1.86 bits per heavy atom. The molecular formula is C28H29ClN4O3S. The first-order valence-electron chi connectivity index (χ1n) is 12.7. The molecule has 0 bridgehead atoms. The van der Waals surface area contributed by atoms with Gasteiger partial charge in [0, 0.05) is 10.6 Å². The van der Waals surface area contributed by atoms with E-state index in [1.165, 1.54) is 54.4 Å². The van der Waals surface area contributed by atoms with E-state index < -0.39 is 5.91 Å². The van der Waals surface area contributed by atoms with Gasteiger partial charge in [0.15, 0.2) is 5.84 Å². The second-order valence-corrected chi connectivity index (χ2v) is 10.6. The van der Waals surface area contributed by atoms with Gasteiger partial charge in [-0.15, -0.1) is 0 Å². The number of amidine groups is 2. The fourth-order valence-electron chi connectivity index (χ4n) is 4.68. The van der Waals surface area contributed by atoms with Gasteiger partial charge in [0.05, 0.1) is 5.57 Å². The van der Waals surface area contributed by atoms with Crippen molar-refractivity contribution in [3.63, 3.8) is 0 Å². The van der Waals surface area contributed by atoms with Crippen LogP contribution in [0.5, 0.6) is 11.5 Å². The molecule has 3 aliphatic rings. The third kappa shape index (κ3) is 5.91. The largest absolute Gasteiger partial charge is 0.490 e. The average molecular weight is 537 g/mol. The van der Waals surface area contributed by atoms with Crippen LogP contribution in [0.3, 0.4) is 0 Å². The Morgan fingerprint density at radius 1 is 1.11 bits per heavy atom. The van der Waals surface area contributed by atoms with Crippen LogP contribution in [-0.4, -0.2) is 40.2 Å². The number of nitrogens with one attached hydrogen (secondary N) is 1. The van der Waals surface area contributed by atoms with Crippen molar-refractivity contribution >= 4 is 51.4 Å². The lowest BCUT2D eigenvalue weighted by Gasteiger charge is -2.22. The average Bonchev–Trinajstić information content (AvgIpc) is 3.34. The van der Waals surface area contributed by atoms with Crippen LogP contribution in [0.25, 0.3) is 6.08 Å². The summed E-state index contributed by atoms with van der Waals surface area (Å²) in [5.74, 6) is 1.52. The van der Waals surface area contributed by atoms with E-state index in [0.717, 1.165) is 10.8 Å². The number of carbonyl (C=O) groups is 1. The number of carbonyl (C=O) groups excluding carboxylic acids is 1. The maximum absolute atomic E-state index is 12.7. The second-order valence-electron chi connectivity index (χ2n) is 9.15. The zero-order valence-electron chi connectivity index (χ0n) is 20.7. The Morgan fingerprint density at radius 3 is 2.62 bits per heavy atom. The van der Waals surface area contributed by atoms with Crippen molar-refractivity contribution in [1.29, 1.82) is 5.41 Å². The van der Waals surface area contributed by atoms with Crippen LogP contribution < -0.4 is 9.47 Å². The lowest BCUT2D eigenvalue weighted by molar-refractivity contribution is -0.114. The number of ether oxygens (including phenoxy) is 2. The van der Waals surface area contributed by atoms with Crippen molar-refractivity contribution in [2.75, 3.05) is 13.2 Å². The van der Waals surface area contributed by atoms with Gasteiger partial charge in [0.1, 0.15) is 29.8 Å². The number of rotatable bonds is 8. The number of hydrazone groups is 1. The fraction of sp³-hybridized carbons (Fsp3) is 0.357. The Balaban J connectivity index is 1.23. The maximum atomic E-state index is 12.7. The molecule has 1 aliphatic carbocycles. The summed E-state index contributed by atoms with van der Waals surface area (Å²) in [6, 6.07) is 13.6. The SMILES string of the molecule is CCC1=NN2C(=N)/C(=C\c3cc(Cl)ccc3OCCOc3ccc(C4CCCCC4)cc3)C(=O)N=C2S1. The number of hydrogen-bond acceptors (Lipinski definition) is 6. The van der Waals surface area contributed by atoms with Crippen LogP contribution in [0.1, 0.15) is 62.5 Å². The summed E-state index contributed by atoms with van der Waals surface area (Å²) in [6.45, 7) is 2.64. The molecule has 0 atom stereocenters. The topological polar surface area (TPSA) is 87.3 Å². The van der Waals surface area contributed by atoms with Crippen molar-refractivity contribution in [2.45, 2.75) is 51.4 Å². The van der Waals surface area contributed by atoms with E-state index in [4.69, 9.17) is 26.5 Å². The molecule has 2 aromatic rings. The molecule has 2 aromatic carbocycles. The van der Waals surface area contributed by atoms with Gasteiger partial charge in [-0.2, -0.15) is 15.1 Å². The minimum atomic E-state index is -0.484. The summed E-state index contributed by atoms with van der Waals surface area (Å²) in [4.78, 5) is 16.8. The lowest BCUT2D eigenvalue weighted by Crippen LogP contribution is -2.35. The number of amides is 1. The van der Waals surface area contributed by atoms with Gasteiger partial charge in [0.2, 0.25) is 5.17 Å². The zero-order valence-corrected chi connectivity index (χ0v) is 22.3. The molecule has 1 fully saturated rings. The molecule has 7 nitrogen and oxygen atoms in total. The van der Waals surface area contributed by atoms with Gasteiger partial charge >= 0.3 is 0 Å². The number of fused-ring (bicyclic) bond motifs is 1. The first-order chi connectivity index (χ1) is 18.0. The maximum Gasteiger partial charge on any atom is 0.283 e. The molecule has 1 N–H and O–H groups in total. The number of halogens is 1. The summed E-state index contributed by atoms with van der Waals surface area (Å²) in [5, 5.41) is 16.0. The molecule has 37 heavy (non-hydrogen) atoms. The first kappa shape index (κ1) is 25.5. The molecule has 1 amide bonds. The summed E-state index contributed by atoms with van der Waals surface area (Å²) in [6.07, 6.45) is 8.83. The minimum absolute atomic E-state index is 0.0168. The highest BCUT2D eigenvalue weighted by atomic mass is 35.5. The summed E-state index contributed by atoms with van der Waals surface area (Å²) >= 11 is 7.55. The first-order valence-corrected chi connectivity index (χ1v) is 13.9. The van der Waals surface area contributed by atoms with Crippen molar-refractivity contribution < 1.29 is 14.3 Å². The number of aliphatic imine (C=N–C) groups is 1. The number of hydrogen-bond donors (Lipinski definition) is 1. The van der Waals surface area contributed by atoms with E-state index in [9.17, 15) is 4.79 Å². The zero-order chi connectivity index (χ0) is 25.8. The number of nitrogens with zero attached hydrogens (tertiary/aromatic N) is 3. The summed E-state index contributed by atoms with van der Waals surface area (Å²) < 4.78 is 11.9. The van der Waals surface area contributed by atoms with Gasteiger partial charge in [-0.25, -0.2) is 0 Å². The third-order valence-corrected chi connectivity index (χ3v) is 7.92. The molecule has 0 spiro atoms. The summed E-state index contributed by atoms with van der Waals surface area (Å²) in [7, 11) is 0. The Bertz CT molecular complexity index is 1280. The normalized spacial score (nSPS) is 19.1. The molecule has 0 unspecified atom stereocenters.